The Morgan fingerprint density at radius 3 is 2.48 bits per heavy atom. The molecule has 4 nitrogen and oxygen atoms in total. The highest BCUT2D eigenvalue weighted by molar-refractivity contribution is 5.94. The zero-order valence-corrected chi connectivity index (χ0v) is 12.9. The Bertz CT molecular complexity index is 616. The normalized spacial score (nSPS) is 13.3. The van der Waals surface area contributed by atoms with Gasteiger partial charge < -0.3 is 15.2 Å². The van der Waals surface area contributed by atoms with E-state index in [1.165, 1.54) is 24.3 Å². The second-order valence-electron chi connectivity index (χ2n) is 5.26. The Morgan fingerprint density at radius 1 is 1.17 bits per heavy atom. The molecular weight excluding hydrogens is 297 g/mol. The lowest BCUT2D eigenvalue weighted by Gasteiger charge is -2.17. The van der Waals surface area contributed by atoms with Crippen molar-refractivity contribution in [1.82, 2.24) is 5.32 Å². The highest BCUT2D eigenvalue weighted by atomic mass is 19.1. The number of benzene rings is 2. The average Bonchev–Trinajstić information content (AvgIpc) is 2.59. The second-order valence-corrected chi connectivity index (χ2v) is 5.26. The number of amides is 1. The monoisotopic (exact) mass is 317 g/mol. The SMILES string of the molecule is C[C@@H](OC[C@H](O)CNC(=O)c1ccc(F)cc1)c1ccccc1. The highest BCUT2D eigenvalue weighted by Gasteiger charge is 2.12. The highest BCUT2D eigenvalue weighted by Crippen LogP contribution is 2.15. The molecule has 0 spiro atoms. The van der Waals surface area contributed by atoms with Gasteiger partial charge in [-0.1, -0.05) is 30.3 Å². The zero-order valence-electron chi connectivity index (χ0n) is 12.9. The van der Waals surface area contributed by atoms with Crippen LogP contribution in [0.25, 0.3) is 0 Å². The molecule has 0 radical (unpaired) electrons. The minimum absolute atomic E-state index is 0.0672. The van der Waals surface area contributed by atoms with Gasteiger partial charge in [-0.2, -0.15) is 0 Å². The molecule has 0 fully saturated rings. The predicted octanol–water partition coefficient (Wildman–Crippen LogP) is 2.69. The Hall–Kier alpha value is -2.24. The first-order chi connectivity index (χ1) is 11.1. The molecule has 122 valence electrons. The van der Waals surface area contributed by atoms with Crippen LogP contribution in [0.1, 0.15) is 28.9 Å². The van der Waals surface area contributed by atoms with Gasteiger partial charge >= 0.3 is 0 Å². The molecule has 23 heavy (non-hydrogen) atoms. The van der Waals surface area contributed by atoms with Crippen molar-refractivity contribution in [1.29, 1.82) is 0 Å². The van der Waals surface area contributed by atoms with E-state index in [-0.39, 0.29) is 25.2 Å². The smallest absolute Gasteiger partial charge is 0.251 e. The lowest BCUT2D eigenvalue weighted by atomic mass is 10.1. The van der Waals surface area contributed by atoms with Crippen LogP contribution >= 0.6 is 0 Å². The van der Waals surface area contributed by atoms with E-state index in [4.69, 9.17) is 4.74 Å². The number of hydrogen-bond acceptors (Lipinski definition) is 3. The molecule has 0 aliphatic heterocycles. The van der Waals surface area contributed by atoms with Crippen LogP contribution in [0, 0.1) is 5.82 Å². The summed E-state index contributed by atoms with van der Waals surface area (Å²) in [4.78, 5) is 11.8. The molecule has 2 aromatic carbocycles. The number of aliphatic hydroxyl groups is 1. The molecule has 0 aliphatic carbocycles. The quantitative estimate of drug-likeness (QED) is 0.825. The number of halogens is 1. The van der Waals surface area contributed by atoms with Crippen molar-refractivity contribution < 1.29 is 19.0 Å². The Kier molecular flexibility index (Phi) is 6.26. The molecule has 0 saturated carbocycles. The maximum atomic E-state index is 12.8. The third kappa shape index (κ3) is 5.47. The van der Waals surface area contributed by atoms with Crippen molar-refractivity contribution >= 4 is 5.91 Å². The number of hydrogen-bond donors (Lipinski definition) is 2. The molecule has 1 amide bonds. The van der Waals surface area contributed by atoms with Crippen molar-refractivity contribution in [3.8, 4) is 0 Å². The van der Waals surface area contributed by atoms with Gasteiger partial charge in [0.2, 0.25) is 0 Å². The summed E-state index contributed by atoms with van der Waals surface area (Å²) in [7, 11) is 0. The average molecular weight is 317 g/mol. The van der Waals surface area contributed by atoms with E-state index < -0.39 is 11.9 Å². The van der Waals surface area contributed by atoms with Crippen molar-refractivity contribution in [2.75, 3.05) is 13.2 Å². The number of carbonyl (C=O) groups excluding carboxylic acids is 1. The molecule has 0 saturated heterocycles. The van der Waals surface area contributed by atoms with E-state index in [1.807, 2.05) is 37.3 Å². The summed E-state index contributed by atoms with van der Waals surface area (Å²) in [6.45, 7) is 2.08. The first-order valence-corrected chi connectivity index (χ1v) is 7.44. The molecule has 2 N–H and O–H groups in total. The molecule has 0 aromatic heterocycles. The van der Waals surface area contributed by atoms with Gasteiger partial charge in [0, 0.05) is 12.1 Å². The van der Waals surface area contributed by atoms with E-state index in [0.29, 0.717) is 5.56 Å². The van der Waals surface area contributed by atoms with Crippen LogP contribution in [0.3, 0.4) is 0 Å². The van der Waals surface area contributed by atoms with Gasteiger partial charge in [0.15, 0.2) is 0 Å². The van der Waals surface area contributed by atoms with E-state index >= 15 is 0 Å². The summed E-state index contributed by atoms with van der Waals surface area (Å²) in [6, 6.07) is 14.9. The van der Waals surface area contributed by atoms with Crippen molar-refractivity contribution in [3.63, 3.8) is 0 Å². The molecule has 0 aliphatic rings. The second kappa shape index (κ2) is 8.41. The molecule has 0 unspecified atom stereocenters. The third-order valence-electron chi connectivity index (χ3n) is 3.41. The van der Waals surface area contributed by atoms with Gasteiger partial charge in [0.1, 0.15) is 5.82 Å². The fourth-order valence-corrected chi connectivity index (χ4v) is 2.05. The van der Waals surface area contributed by atoms with Crippen molar-refractivity contribution in [2.24, 2.45) is 0 Å². The summed E-state index contributed by atoms with van der Waals surface area (Å²) < 4.78 is 18.4. The number of carbonyl (C=O) groups is 1. The van der Waals surface area contributed by atoms with Crippen LogP contribution in [0.5, 0.6) is 0 Å². The number of ether oxygens (including phenoxy) is 1. The molecule has 2 aromatic rings. The van der Waals surface area contributed by atoms with Crippen molar-refractivity contribution in [3.05, 3.63) is 71.5 Å². The molecule has 5 heteroatoms. The van der Waals surface area contributed by atoms with Gasteiger partial charge in [-0.15, -0.1) is 0 Å². The summed E-state index contributed by atoms with van der Waals surface area (Å²) in [5, 5.41) is 12.5. The predicted molar refractivity (Wildman–Crippen MR) is 85.5 cm³/mol. The standard InChI is InChI=1S/C18H20FNO3/c1-13(14-5-3-2-4-6-14)23-12-17(21)11-20-18(22)15-7-9-16(19)10-8-15/h2-10,13,17,21H,11-12H2,1H3,(H,20,22)/t13-,17-/m1/s1. The number of rotatable bonds is 7. The van der Waals surface area contributed by atoms with Crippen LogP contribution < -0.4 is 5.32 Å². The Morgan fingerprint density at radius 2 is 1.83 bits per heavy atom. The first kappa shape index (κ1) is 17.1. The molecule has 2 atom stereocenters. The third-order valence-corrected chi connectivity index (χ3v) is 3.41. The Balaban J connectivity index is 1.73. The lowest BCUT2D eigenvalue weighted by Crippen LogP contribution is -2.34. The van der Waals surface area contributed by atoms with Gasteiger partial charge in [0.25, 0.3) is 5.91 Å². The van der Waals surface area contributed by atoms with Crippen LogP contribution in [0.4, 0.5) is 4.39 Å². The minimum Gasteiger partial charge on any atom is -0.389 e. The molecule has 0 heterocycles. The summed E-state index contributed by atoms with van der Waals surface area (Å²) >= 11 is 0. The fourth-order valence-electron chi connectivity index (χ4n) is 2.05. The number of aliphatic hydroxyl groups excluding tert-OH is 1. The summed E-state index contributed by atoms with van der Waals surface area (Å²) in [5.41, 5.74) is 1.37. The molecule has 2 rings (SSSR count). The van der Waals surface area contributed by atoms with Gasteiger partial charge in [-0.05, 0) is 36.8 Å². The minimum atomic E-state index is -0.814. The first-order valence-electron chi connectivity index (χ1n) is 7.44. The van der Waals surface area contributed by atoms with Gasteiger partial charge in [-0.25, -0.2) is 4.39 Å². The van der Waals surface area contributed by atoms with Crippen molar-refractivity contribution in [2.45, 2.75) is 19.1 Å². The fraction of sp³-hybridized carbons (Fsp3) is 0.278. The largest absolute Gasteiger partial charge is 0.389 e. The van der Waals surface area contributed by atoms with E-state index in [0.717, 1.165) is 5.56 Å². The van der Waals surface area contributed by atoms with Gasteiger partial charge in [-0.3, -0.25) is 4.79 Å². The van der Waals surface area contributed by atoms with Gasteiger partial charge in [0.05, 0.1) is 18.8 Å². The Labute approximate surface area is 134 Å². The molecule has 0 bridgehead atoms. The maximum Gasteiger partial charge on any atom is 0.251 e. The summed E-state index contributed by atoms with van der Waals surface area (Å²) in [6.07, 6.45) is -0.954. The van der Waals surface area contributed by atoms with E-state index in [2.05, 4.69) is 5.32 Å². The maximum absolute atomic E-state index is 12.8. The topological polar surface area (TPSA) is 58.6 Å². The molecular formula is C18H20FNO3. The van der Waals surface area contributed by atoms with E-state index in [1.54, 1.807) is 0 Å². The lowest BCUT2D eigenvalue weighted by molar-refractivity contribution is -0.00171. The van der Waals surface area contributed by atoms with Crippen LogP contribution in [0.2, 0.25) is 0 Å². The van der Waals surface area contributed by atoms with Crippen LogP contribution in [0.15, 0.2) is 54.6 Å². The number of nitrogens with one attached hydrogen (secondary N) is 1. The van der Waals surface area contributed by atoms with Crippen LogP contribution in [-0.2, 0) is 4.74 Å². The van der Waals surface area contributed by atoms with E-state index in [9.17, 15) is 14.3 Å². The van der Waals surface area contributed by atoms with Crippen LogP contribution in [-0.4, -0.2) is 30.3 Å². The summed E-state index contributed by atoms with van der Waals surface area (Å²) in [5.74, 6) is -0.759. The zero-order chi connectivity index (χ0) is 16.7.